The molecule has 0 spiro atoms. The van der Waals surface area contributed by atoms with Crippen molar-refractivity contribution in [2.75, 3.05) is 12.4 Å². The van der Waals surface area contributed by atoms with E-state index < -0.39 is 5.97 Å². The number of amides is 1. The minimum absolute atomic E-state index is 0.185. The zero-order valence-electron chi connectivity index (χ0n) is 12.5. The summed E-state index contributed by atoms with van der Waals surface area (Å²) < 4.78 is 4.63. The summed E-state index contributed by atoms with van der Waals surface area (Å²) in [5.74, 6) is -0.590. The zero-order valence-corrected chi connectivity index (χ0v) is 12.5. The van der Waals surface area contributed by atoms with Crippen molar-refractivity contribution in [2.45, 2.75) is 6.92 Å². The molecule has 4 heteroatoms. The number of rotatable bonds is 4. The number of ether oxygens (including phenoxy) is 1. The molecule has 0 aliphatic rings. The summed E-state index contributed by atoms with van der Waals surface area (Å²) in [6, 6.07) is 16.2. The fourth-order valence-corrected chi connectivity index (χ4v) is 1.90. The van der Waals surface area contributed by atoms with E-state index in [0.717, 1.165) is 5.56 Å². The number of benzene rings is 2. The van der Waals surface area contributed by atoms with Crippen LogP contribution in [-0.4, -0.2) is 19.0 Å². The Hall–Kier alpha value is -2.88. The predicted octanol–water partition coefficient (Wildman–Crippen LogP) is 3.52. The largest absolute Gasteiger partial charge is 0.465 e. The lowest BCUT2D eigenvalue weighted by Crippen LogP contribution is -2.12. The third kappa shape index (κ3) is 4.06. The number of esters is 1. The van der Waals surface area contributed by atoms with Gasteiger partial charge in [-0.3, -0.25) is 4.79 Å². The fourth-order valence-electron chi connectivity index (χ4n) is 1.90. The number of nitrogens with one attached hydrogen (secondary N) is 1. The molecule has 4 nitrogen and oxygen atoms in total. The van der Waals surface area contributed by atoms with Crippen molar-refractivity contribution in [3.8, 4) is 0 Å². The Kier molecular flexibility index (Phi) is 5.09. The van der Waals surface area contributed by atoms with Gasteiger partial charge in [-0.25, -0.2) is 4.79 Å². The van der Waals surface area contributed by atoms with Gasteiger partial charge < -0.3 is 10.1 Å². The van der Waals surface area contributed by atoms with E-state index in [4.69, 9.17) is 0 Å². The molecule has 0 saturated carbocycles. The van der Waals surface area contributed by atoms with Gasteiger partial charge in [0.1, 0.15) is 0 Å². The number of anilines is 1. The van der Waals surface area contributed by atoms with Gasteiger partial charge in [0.25, 0.3) is 5.91 Å². The van der Waals surface area contributed by atoms with E-state index in [-0.39, 0.29) is 5.91 Å². The highest BCUT2D eigenvalue weighted by Crippen LogP contribution is 2.13. The minimum Gasteiger partial charge on any atom is -0.465 e. The normalized spacial score (nSPS) is 10.9. The Balaban J connectivity index is 2.05. The summed E-state index contributed by atoms with van der Waals surface area (Å²) >= 11 is 0. The van der Waals surface area contributed by atoms with Gasteiger partial charge in [-0.05, 0) is 42.8 Å². The third-order valence-electron chi connectivity index (χ3n) is 3.10. The molecule has 0 aliphatic heterocycles. The van der Waals surface area contributed by atoms with E-state index in [1.807, 2.05) is 36.4 Å². The topological polar surface area (TPSA) is 55.4 Å². The zero-order chi connectivity index (χ0) is 15.9. The van der Waals surface area contributed by atoms with Crippen LogP contribution in [0.15, 0.2) is 60.2 Å². The molecular weight excluding hydrogens is 278 g/mol. The molecule has 112 valence electrons. The molecule has 2 aromatic carbocycles. The average molecular weight is 295 g/mol. The smallest absolute Gasteiger partial charge is 0.337 e. The molecule has 22 heavy (non-hydrogen) atoms. The van der Waals surface area contributed by atoms with Crippen LogP contribution >= 0.6 is 0 Å². The number of hydrogen-bond acceptors (Lipinski definition) is 3. The molecule has 0 atom stereocenters. The van der Waals surface area contributed by atoms with Crippen molar-refractivity contribution in [1.82, 2.24) is 0 Å². The SMILES string of the molecule is COC(=O)c1ccc(NC(=O)/C(C)=C/c2ccccc2)cc1. The van der Waals surface area contributed by atoms with Gasteiger partial charge in [-0.1, -0.05) is 30.3 Å². The summed E-state index contributed by atoms with van der Waals surface area (Å²) in [7, 11) is 1.33. The highest BCUT2D eigenvalue weighted by Gasteiger charge is 2.07. The molecule has 1 amide bonds. The Bertz CT molecular complexity index is 688. The van der Waals surface area contributed by atoms with Crippen LogP contribution < -0.4 is 5.32 Å². The van der Waals surface area contributed by atoms with Gasteiger partial charge >= 0.3 is 5.97 Å². The molecule has 0 saturated heterocycles. The Labute approximate surface area is 129 Å². The Morgan fingerprint density at radius 2 is 1.64 bits per heavy atom. The van der Waals surface area contributed by atoms with Crippen molar-refractivity contribution in [3.63, 3.8) is 0 Å². The monoisotopic (exact) mass is 295 g/mol. The van der Waals surface area contributed by atoms with Gasteiger partial charge in [-0.2, -0.15) is 0 Å². The molecular formula is C18H17NO3. The van der Waals surface area contributed by atoms with E-state index in [0.29, 0.717) is 16.8 Å². The second kappa shape index (κ2) is 7.22. The van der Waals surface area contributed by atoms with E-state index in [1.54, 1.807) is 31.2 Å². The number of methoxy groups -OCH3 is 1. The van der Waals surface area contributed by atoms with Gasteiger partial charge in [0.15, 0.2) is 0 Å². The van der Waals surface area contributed by atoms with Crippen LogP contribution in [0, 0.1) is 0 Å². The predicted molar refractivity (Wildman–Crippen MR) is 86.5 cm³/mol. The Morgan fingerprint density at radius 1 is 1.00 bits per heavy atom. The standard InChI is InChI=1S/C18H17NO3/c1-13(12-14-6-4-3-5-7-14)17(20)19-16-10-8-15(9-11-16)18(21)22-2/h3-12H,1-2H3,(H,19,20)/b13-12+. The van der Waals surface area contributed by atoms with Crippen molar-refractivity contribution in [3.05, 3.63) is 71.3 Å². The van der Waals surface area contributed by atoms with Crippen molar-refractivity contribution < 1.29 is 14.3 Å². The van der Waals surface area contributed by atoms with Crippen LogP contribution in [-0.2, 0) is 9.53 Å². The van der Waals surface area contributed by atoms with E-state index >= 15 is 0 Å². The molecule has 0 bridgehead atoms. The second-order valence-electron chi connectivity index (χ2n) is 4.76. The van der Waals surface area contributed by atoms with Crippen molar-refractivity contribution in [1.29, 1.82) is 0 Å². The van der Waals surface area contributed by atoms with Crippen LogP contribution in [0.5, 0.6) is 0 Å². The Morgan fingerprint density at radius 3 is 2.23 bits per heavy atom. The minimum atomic E-state index is -0.405. The highest BCUT2D eigenvalue weighted by molar-refractivity contribution is 6.06. The highest BCUT2D eigenvalue weighted by atomic mass is 16.5. The maximum atomic E-state index is 12.1. The first-order chi connectivity index (χ1) is 10.6. The summed E-state index contributed by atoms with van der Waals surface area (Å²) in [6.45, 7) is 1.76. The molecule has 1 N–H and O–H groups in total. The first-order valence-electron chi connectivity index (χ1n) is 6.83. The van der Waals surface area contributed by atoms with Gasteiger partial charge in [-0.15, -0.1) is 0 Å². The fraction of sp³-hybridized carbons (Fsp3) is 0.111. The average Bonchev–Trinajstić information content (AvgIpc) is 2.55. The summed E-state index contributed by atoms with van der Waals surface area (Å²) in [6.07, 6.45) is 1.82. The maximum Gasteiger partial charge on any atom is 0.337 e. The van der Waals surface area contributed by atoms with Gasteiger partial charge in [0.05, 0.1) is 12.7 Å². The summed E-state index contributed by atoms with van der Waals surface area (Å²) in [5.41, 5.74) is 2.63. The van der Waals surface area contributed by atoms with Crippen LogP contribution in [0.1, 0.15) is 22.8 Å². The van der Waals surface area contributed by atoms with Gasteiger partial charge in [0, 0.05) is 11.3 Å². The number of carbonyl (C=O) groups is 2. The molecule has 2 rings (SSSR count). The van der Waals surface area contributed by atoms with Crippen LogP contribution in [0.2, 0.25) is 0 Å². The first kappa shape index (κ1) is 15.5. The second-order valence-corrected chi connectivity index (χ2v) is 4.76. The lowest BCUT2D eigenvalue weighted by atomic mass is 10.1. The van der Waals surface area contributed by atoms with Crippen molar-refractivity contribution in [2.24, 2.45) is 0 Å². The molecule has 0 unspecified atom stereocenters. The van der Waals surface area contributed by atoms with Crippen LogP contribution in [0.25, 0.3) is 6.08 Å². The molecule has 0 radical (unpaired) electrons. The van der Waals surface area contributed by atoms with E-state index in [9.17, 15) is 9.59 Å². The molecule has 0 aliphatic carbocycles. The lowest BCUT2D eigenvalue weighted by Gasteiger charge is -2.06. The number of hydrogen-bond donors (Lipinski definition) is 1. The first-order valence-corrected chi connectivity index (χ1v) is 6.83. The number of carbonyl (C=O) groups excluding carboxylic acids is 2. The lowest BCUT2D eigenvalue weighted by molar-refractivity contribution is -0.112. The maximum absolute atomic E-state index is 12.1. The van der Waals surface area contributed by atoms with E-state index in [2.05, 4.69) is 10.1 Å². The molecule has 0 fully saturated rings. The van der Waals surface area contributed by atoms with Crippen molar-refractivity contribution >= 4 is 23.6 Å². The molecule has 2 aromatic rings. The third-order valence-corrected chi connectivity index (χ3v) is 3.10. The van der Waals surface area contributed by atoms with Crippen LogP contribution in [0.4, 0.5) is 5.69 Å². The molecule has 0 aromatic heterocycles. The summed E-state index contributed by atoms with van der Waals surface area (Å²) in [5, 5.41) is 2.79. The quantitative estimate of drug-likeness (QED) is 0.693. The van der Waals surface area contributed by atoms with Crippen LogP contribution in [0.3, 0.4) is 0 Å². The van der Waals surface area contributed by atoms with Gasteiger partial charge in [0.2, 0.25) is 0 Å². The van der Waals surface area contributed by atoms with E-state index in [1.165, 1.54) is 7.11 Å². The summed E-state index contributed by atoms with van der Waals surface area (Å²) in [4.78, 5) is 23.5. The molecule has 0 heterocycles.